The molecule has 0 bridgehead atoms. The summed E-state index contributed by atoms with van der Waals surface area (Å²) in [6.07, 6.45) is 4.01. The normalized spacial score (nSPS) is 10.2. The Hall–Kier alpha value is -2.14. The fourth-order valence-electron chi connectivity index (χ4n) is 1.77. The summed E-state index contributed by atoms with van der Waals surface area (Å²) in [7, 11) is 0. The molecule has 2 rings (SSSR count). The van der Waals surface area contributed by atoms with Gasteiger partial charge in [0.2, 0.25) is 0 Å². The summed E-state index contributed by atoms with van der Waals surface area (Å²) in [5.41, 5.74) is 1.11. The van der Waals surface area contributed by atoms with Crippen molar-refractivity contribution in [2.75, 3.05) is 17.2 Å². The number of nitrogens with zero attached hydrogens (tertiary/aromatic N) is 1. The molecule has 4 nitrogen and oxygen atoms in total. The lowest BCUT2D eigenvalue weighted by molar-refractivity contribution is 0.102. The summed E-state index contributed by atoms with van der Waals surface area (Å²) < 4.78 is 13.7. The maximum Gasteiger partial charge on any atom is 0.257 e. The minimum atomic E-state index is -0.576. The molecule has 0 aliphatic rings. The Bertz CT molecular complexity index is 649. The monoisotopic (exact) mass is 307 g/mol. The van der Waals surface area contributed by atoms with Gasteiger partial charge >= 0.3 is 0 Å². The van der Waals surface area contributed by atoms with E-state index < -0.39 is 11.7 Å². The van der Waals surface area contributed by atoms with Crippen molar-refractivity contribution in [2.24, 2.45) is 0 Å². The molecule has 21 heavy (non-hydrogen) atoms. The van der Waals surface area contributed by atoms with E-state index in [1.165, 1.54) is 18.3 Å². The second-order valence-corrected chi connectivity index (χ2v) is 4.86. The molecule has 1 heterocycles. The van der Waals surface area contributed by atoms with E-state index in [4.69, 9.17) is 11.6 Å². The van der Waals surface area contributed by atoms with Crippen molar-refractivity contribution in [3.63, 3.8) is 0 Å². The Morgan fingerprint density at radius 3 is 2.86 bits per heavy atom. The number of hydrogen-bond donors (Lipinski definition) is 2. The van der Waals surface area contributed by atoms with E-state index in [-0.39, 0.29) is 10.7 Å². The molecule has 0 saturated carbocycles. The van der Waals surface area contributed by atoms with E-state index >= 15 is 0 Å². The van der Waals surface area contributed by atoms with Crippen LogP contribution in [0.1, 0.15) is 23.7 Å². The van der Waals surface area contributed by atoms with Crippen molar-refractivity contribution in [1.82, 2.24) is 4.98 Å². The lowest BCUT2D eigenvalue weighted by Crippen LogP contribution is -2.16. The van der Waals surface area contributed by atoms with Crippen molar-refractivity contribution < 1.29 is 9.18 Å². The zero-order valence-corrected chi connectivity index (χ0v) is 12.2. The SMILES string of the molecule is CCCNc1cnccc1C(=O)Nc1ccc(Cl)cc1F. The summed E-state index contributed by atoms with van der Waals surface area (Å²) >= 11 is 5.68. The quantitative estimate of drug-likeness (QED) is 0.879. The van der Waals surface area contributed by atoms with Crippen LogP contribution in [0, 0.1) is 5.82 Å². The number of benzene rings is 1. The molecule has 0 aliphatic heterocycles. The molecule has 0 spiro atoms. The van der Waals surface area contributed by atoms with Gasteiger partial charge in [0.25, 0.3) is 5.91 Å². The number of nitrogens with one attached hydrogen (secondary N) is 2. The lowest BCUT2D eigenvalue weighted by Gasteiger charge is -2.11. The number of amides is 1. The third kappa shape index (κ3) is 3.92. The molecule has 110 valence electrons. The van der Waals surface area contributed by atoms with Crippen molar-refractivity contribution in [3.8, 4) is 0 Å². The number of halogens is 2. The van der Waals surface area contributed by atoms with Gasteiger partial charge in [0.05, 0.1) is 23.1 Å². The molecular formula is C15H15ClFN3O. The van der Waals surface area contributed by atoms with Crippen molar-refractivity contribution in [2.45, 2.75) is 13.3 Å². The Labute approximate surface area is 127 Å². The van der Waals surface area contributed by atoms with E-state index in [2.05, 4.69) is 15.6 Å². The minimum Gasteiger partial charge on any atom is -0.383 e. The zero-order valence-electron chi connectivity index (χ0n) is 11.5. The molecule has 1 aromatic carbocycles. The van der Waals surface area contributed by atoms with Crippen LogP contribution in [0.25, 0.3) is 0 Å². The molecule has 2 N–H and O–H groups in total. The Kier molecular flexibility index (Phi) is 5.11. The van der Waals surface area contributed by atoms with Crippen molar-refractivity contribution in [1.29, 1.82) is 0 Å². The second-order valence-electron chi connectivity index (χ2n) is 4.43. The van der Waals surface area contributed by atoms with Crippen molar-refractivity contribution >= 4 is 28.9 Å². The minimum absolute atomic E-state index is 0.0858. The average Bonchev–Trinajstić information content (AvgIpc) is 2.48. The van der Waals surface area contributed by atoms with Crippen LogP contribution >= 0.6 is 11.6 Å². The largest absolute Gasteiger partial charge is 0.383 e. The number of rotatable bonds is 5. The highest BCUT2D eigenvalue weighted by molar-refractivity contribution is 6.30. The van der Waals surface area contributed by atoms with E-state index in [1.807, 2.05) is 6.92 Å². The number of hydrogen-bond acceptors (Lipinski definition) is 3. The summed E-state index contributed by atoms with van der Waals surface area (Å²) in [4.78, 5) is 16.2. The predicted molar refractivity (Wildman–Crippen MR) is 82.4 cm³/mol. The van der Waals surface area contributed by atoms with Gasteiger partial charge in [-0.1, -0.05) is 18.5 Å². The fraction of sp³-hybridized carbons (Fsp3) is 0.200. The van der Waals surface area contributed by atoms with Crippen LogP contribution in [-0.4, -0.2) is 17.4 Å². The molecule has 1 aromatic heterocycles. The van der Waals surface area contributed by atoms with Crippen LogP contribution in [0.2, 0.25) is 5.02 Å². The topological polar surface area (TPSA) is 54.0 Å². The third-order valence-corrected chi connectivity index (χ3v) is 3.05. The smallest absolute Gasteiger partial charge is 0.257 e. The lowest BCUT2D eigenvalue weighted by atomic mass is 10.2. The maximum absolute atomic E-state index is 13.7. The molecule has 6 heteroatoms. The highest BCUT2D eigenvalue weighted by Crippen LogP contribution is 2.21. The molecule has 0 aliphatic carbocycles. The molecule has 0 saturated heterocycles. The summed E-state index contributed by atoms with van der Waals surface area (Å²) in [6.45, 7) is 2.74. The zero-order chi connectivity index (χ0) is 15.2. The number of carbonyl (C=O) groups is 1. The second kappa shape index (κ2) is 7.04. The van der Waals surface area contributed by atoms with Gasteiger partial charge in [-0.2, -0.15) is 0 Å². The number of aromatic nitrogens is 1. The first-order valence-electron chi connectivity index (χ1n) is 6.56. The number of anilines is 2. The van der Waals surface area contributed by atoms with Crippen LogP contribution in [0.15, 0.2) is 36.7 Å². The van der Waals surface area contributed by atoms with Gasteiger partial charge < -0.3 is 10.6 Å². The van der Waals surface area contributed by atoms with Gasteiger partial charge in [0, 0.05) is 17.8 Å². The van der Waals surface area contributed by atoms with E-state index in [9.17, 15) is 9.18 Å². The van der Waals surface area contributed by atoms with Gasteiger partial charge in [0.1, 0.15) is 5.82 Å². The molecule has 0 fully saturated rings. The predicted octanol–water partition coefficient (Wildman–Crippen LogP) is 3.95. The first-order chi connectivity index (χ1) is 10.1. The highest BCUT2D eigenvalue weighted by atomic mass is 35.5. The first-order valence-corrected chi connectivity index (χ1v) is 6.94. The third-order valence-electron chi connectivity index (χ3n) is 2.81. The van der Waals surface area contributed by atoms with E-state index in [0.29, 0.717) is 11.3 Å². The molecular weight excluding hydrogens is 293 g/mol. The van der Waals surface area contributed by atoms with Gasteiger partial charge in [-0.05, 0) is 30.7 Å². The van der Waals surface area contributed by atoms with Crippen LogP contribution < -0.4 is 10.6 Å². The van der Waals surface area contributed by atoms with E-state index in [0.717, 1.165) is 19.0 Å². The standard InChI is InChI=1S/C15H15ClFN3O/c1-2-6-19-14-9-18-7-5-11(14)15(21)20-13-4-3-10(16)8-12(13)17/h3-5,7-9,19H,2,6H2,1H3,(H,20,21). The maximum atomic E-state index is 13.7. The summed E-state index contributed by atoms with van der Waals surface area (Å²) in [6, 6.07) is 5.68. The highest BCUT2D eigenvalue weighted by Gasteiger charge is 2.13. The first kappa shape index (κ1) is 15.3. The van der Waals surface area contributed by atoms with Gasteiger partial charge in [0.15, 0.2) is 0 Å². The van der Waals surface area contributed by atoms with Gasteiger partial charge in [-0.15, -0.1) is 0 Å². The van der Waals surface area contributed by atoms with Crippen LogP contribution in [0.3, 0.4) is 0 Å². The Morgan fingerprint density at radius 2 is 2.14 bits per heavy atom. The Balaban J connectivity index is 2.20. The molecule has 0 atom stereocenters. The fourth-order valence-corrected chi connectivity index (χ4v) is 1.93. The average molecular weight is 308 g/mol. The summed E-state index contributed by atoms with van der Waals surface area (Å²) in [5.74, 6) is -0.981. The van der Waals surface area contributed by atoms with E-state index in [1.54, 1.807) is 12.3 Å². The molecule has 1 amide bonds. The van der Waals surface area contributed by atoms with Crippen LogP contribution in [0.5, 0.6) is 0 Å². The summed E-state index contributed by atoms with van der Waals surface area (Å²) in [5, 5.41) is 5.92. The van der Waals surface area contributed by atoms with Crippen LogP contribution in [0.4, 0.5) is 15.8 Å². The number of carbonyl (C=O) groups excluding carboxylic acids is 1. The number of pyridine rings is 1. The molecule has 2 aromatic rings. The van der Waals surface area contributed by atoms with Crippen molar-refractivity contribution in [3.05, 3.63) is 53.1 Å². The van der Waals surface area contributed by atoms with Gasteiger partial charge in [-0.25, -0.2) is 4.39 Å². The van der Waals surface area contributed by atoms with Crippen LogP contribution in [-0.2, 0) is 0 Å². The Morgan fingerprint density at radius 1 is 1.33 bits per heavy atom. The molecule has 0 radical (unpaired) electrons. The van der Waals surface area contributed by atoms with Gasteiger partial charge in [-0.3, -0.25) is 9.78 Å². The molecule has 0 unspecified atom stereocenters.